The summed E-state index contributed by atoms with van der Waals surface area (Å²) in [5.74, 6) is 0.930. The molecular formula is C16H20N4O. The van der Waals surface area contributed by atoms with Gasteiger partial charge < -0.3 is 14.6 Å². The van der Waals surface area contributed by atoms with Gasteiger partial charge in [-0.1, -0.05) is 29.8 Å². The molecule has 1 heterocycles. The number of aryl methyl sites for hydroxylation is 2. The first-order valence-corrected chi connectivity index (χ1v) is 6.85. The molecule has 0 amide bonds. The molecule has 0 saturated carbocycles. The Labute approximate surface area is 125 Å². The SMILES string of the molecule is Cc1ccc(C(CNc2oc(C)nc2C#N)N(C)C)cc1. The summed E-state index contributed by atoms with van der Waals surface area (Å²) >= 11 is 0. The van der Waals surface area contributed by atoms with Gasteiger partial charge >= 0.3 is 0 Å². The average molecular weight is 284 g/mol. The van der Waals surface area contributed by atoms with Crippen LogP contribution in [0.5, 0.6) is 0 Å². The summed E-state index contributed by atoms with van der Waals surface area (Å²) < 4.78 is 5.43. The predicted octanol–water partition coefficient (Wildman–Crippen LogP) is 2.88. The number of anilines is 1. The maximum atomic E-state index is 9.03. The Bertz CT molecular complexity index is 637. The Morgan fingerprint density at radius 1 is 1.29 bits per heavy atom. The molecular weight excluding hydrogens is 264 g/mol. The van der Waals surface area contributed by atoms with Gasteiger partial charge in [-0.05, 0) is 26.6 Å². The summed E-state index contributed by atoms with van der Waals surface area (Å²) in [6.45, 7) is 4.44. The number of nitrogens with one attached hydrogen (secondary N) is 1. The highest BCUT2D eigenvalue weighted by Crippen LogP contribution is 2.22. The summed E-state index contributed by atoms with van der Waals surface area (Å²) in [5, 5.41) is 12.2. The van der Waals surface area contributed by atoms with E-state index in [9.17, 15) is 0 Å². The number of nitrogens with zero attached hydrogens (tertiary/aromatic N) is 3. The minimum Gasteiger partial charge on any atom is -0.424 e. The minimum absolute atomic E-state index is 0.183. The highest BCUT2D eigenvalue weighted by Gasteiger charge is 2.16. The van der Waals surface area contributed by atoms with E-state index in [1.807, 2.05) is 20.2 Å². The van der Waals surface area contributed by atoms with Gasteiger partial charge in [0.15, 0.2) is 5.89 Å². The fourth-order valence-corrected chi connectivity index (χ4v) is 2.20. The molecule has 0 saturated heterocycles. The number of aromatic nitrogens is 1. The van der Waals surface area contributed by atoms with Crippen molar-refractivity contribution in [2.24, 2.45) is 0 Å². The summed E-state index contributed by atoms with van der Waals surface area (Å²) in [4.78, 5) is 6.16. The van der Waals surface area contributed by atoms with E-state index >= 15 is 0 Å². The second-order valence-corrected chi connectivity index (χ2v) is 5.29. The molecule has 21 heavy (non-hydrogen) atoms. The monoisotopic (exact) mass is 284 g/mol. The van der Waals surface area contributed by atoms with Gasteiger partial charge in [0.1, 0.15) is 6.07 Å². The lowest BCUT2D eigenvalue weighted by molar-refractivity contribution is 0.310. The van der Waals surface area contributed by atoms with E-state index in [-0.39, 0.29) is 6.04 Å². The van der Waals surface area contributed by atoms with Crippen molar-refractivity contribution in [1.29, 1.82) is 5.26 Å². The first-order valence-electron chi connectivity index (χ1n) is 6.85. The minimum atomic E-state index is 0.183. The molecule has 110 valence electrons. The van der Waals surface area contributed by atoms with Crippen LogP contribution in [0.25, 0.3) is 0 Å². The second kappa shape index (κ2) is 6.42. The molecule has 0 bridgehead atoms. The van der Waals surface area contributed by atoms with Crippen LogP contribution in [0.4, 0.5) is 5.88 Å². The van der Waals surface area contributed by atoms with Crippen LogP contribution in [-0.4, -0.2) is 30.5 Å². The number of benzene rings is 1. The van der Waals surface area contributed by atoms with Crippen molar-refractivity contribution in [2.45, 2.75) is 19.9 Å². The van der Waals surface area contributed by atoms with Crippen molar-refractivity contribution in [1.82, 2.24) is 9.88 Å². The van der Waals surface area contributed by atoms with Crippen LogP contribution < -0.4 is 5.32 Å². The van der Waals surface area contributed by atoms with Crippen molar-refractivity contribution in [3.8, 4) is 6.07 Å². The van der Waals surface area contributed by atoms with Crippen LogP contribution in [0.2, 0.25) is 0 Å². The average Bonchev–Trinajstić information content (AvgIpc) is 2.81. The Balaban J connectivity index is 2.14. The second-order valence-electron chi connectivity index (χ2n) is 5.29. The van der Waals surface area contributed by atoms with Gasteiger partial charge in [-0.25, -0.2) is 4.98 Å². The van der Waals surface area contributed by atoms with Crippen LogP contribution in [0, 0.1) is 25.2 Å². The number of rotatable bonds is 5. The molecule has 1 unspecified atom stereocenters. The van der Waals surface area contributed by atoms with Crippen LogP contribution in [0.1, 0.15) is 28.8 Å². The van der Waals surface area contributed by atoms with E-state index in [2.05, 4.69) is 46.4 Å². The lowest BCUT2D eigenvalue weighted by Gasteiger charge is -2.25. The molecule has 0 aliphatic heterocycles. The molecule has 1 atom stereocenters. The number of hydrogen-bond acceptors (Lipinski definition) is 5. The highest BCUT2D eigenvalue weighted by atomic mass is 16.4. The van der Waals surface area contributed by atoms with E-state index in [4.69, 9.17) is 9.68 Å². The Hall–Kier alpha value is -2.32. The summed E-state index contributed by atoms with van der Waals surface area (Å²) in [6.07, 6.45) is 0. The van der Waals surface area contributed by atoms with Crippen molar-refractivity contribution >= 4 is 5.88 Å². The van der Waals surface area contributed by atoms with E-state index in [0.29, 0.717) is 24.0 Å². The maximum Gasteiger partial charge on any atom is 0.232 e. The molecule has 0 spiro atoms. The van der Waals surface area contributed by atoms with Crippen LogP contribution in [-0.2, 0) is 0 Å². The third kappa shape index (κ3) is 3.61. The zero-order chi connectivity index (χ0) is 15.4. The Morgan fingerprint density at radius 2 is 1.95 bits per heavy atom. The fraction of sp³-hybridized carbons (Fsp3) is 0.375. The molecule has 2 rings (SSSR count). The summed E-state index contributed by atoms with van der Waals surface area (Å²) in [5.41, 5.74) is 2.75. The fourth-order valence-electron chi connectivity index (χ4n) is 2.20. The third-order valence-corrected chi connectivity index (χ3v) is 3.38. The van der Waals surface area contributed by atoms with E-state index in [1.165, 1.54) is 11.1 Å². The standard InChI is InChI=1S/C16H20N4O/c1-11-5-7-13(8-6-11)15(20(3)4)10-18-16-14(9-17)19-12(2)21-16/h5-8,15,18H,10H2,1-4H3. The lowest BCUT2D eigenvalue weighted by Crippen LogP contribution is -2.26. The highest BCUT2D eigenvalue weighted by molar-refractivity contribution is 5.45. The molecule has 0 fully saturated rings. The van der Waals surface area contributed by atoms with Crippen molar-refractivity contribution in [3.63, 3.8) is 0 Å². The number of oxazole rings is 1. The quantitative estimate of drug-likeness (QED) is 0.914. The van der Waals surface area contributed by atoms with Crippen LogP contribution in [0.3, 0.4) is 0 Å². The van der Waals surface area contributed by atoms with Gasteiger partial charge in [-0.15, -0.1) is 0 Å². The molecule has 2 aromatic rings. The van der Waals surface area contributed by atoms with Gasteiger partial charge in [-0.3, -0.25) is 0 Å². The number of hydrogen-bond donors (Lipinski definition) is 1. The Kier molecular flexibility index (Phi) is 4.61. The van der Waals surface area contributed by atoms with E-state index < -0.39 is 0 Å². The van der Waals surface area contributed by atoms with Crippen molar-refractivity contribution in [3.05, 3.63) is 47.0 Å². The molecule has 0 radical (unpaired) electrons. The van der Waals surface area contributed by atoms with Crippen LogP contribution >= 0.6 is 0 Å². The molecule has 5 nitrogen and oxygen atoms in total. The van der Waals surface area contributed by atoms with Crippen molar-refractivity contribution in [2.75, 3.05) is 26.0 Å². The maximum absolute atomic E-state index is 9.03. The first-order chi connectivity index (χ1) is 10.0. The van der Waals surface area contributed by atoms with Crippen LogP contribution in [0.15, 0.2) is 28.7 Å². The zero-order valence-electron chi connectivity index (χ0n) is 12.8. The van der Waals surface area contributed by atoms with Gasteiger partial charge in [-0.2, -0.15) is 5.26 Å². The molecule has 1 aromatic carbocycles. The number of likely N-dealkylation sites (N-methyl/N-ethyl adjacent to an activating group) is 1. The Morgan fingerprint density at radius 3 is 2.52 bits per heavy atom. The molecule has 0 aliphatic rings. The van der Waals surface area contributed by atoms with Gasteiger partial charge in [0, 0.05) is 13.5 Å². The number of nitriles is 1. The summed E-state index contributed by atoms with van der Waals surface area (Å²) in [7, 11) is 4.06. The molecule has 5 heteroatoms. The largest absolute Gasteiger partial charge is 0.424 e. The molecule has 0 aliphatic carbocycles. The predicted molar refractivity (Wildman–Crippen MR) is 82.1 cm³/mol. The van der Waals surface area contributed by atoms with Gasteiger partial charge in [0.2, 0.25) is 11.6 Å². The van der Waals surface area contributed by atoms with Gasteiger partial charge in [0.05, 0.1) is 6.04 Å². The van der Waals surface area contributed by atoms with E-state index in [0.717, 1.165) is 0 Å². The van der Waals surface area contributed by atoms with E-state index in [1.54, 1.807) is 6.92 Å². The van der Waals surface area contributed by atoms with Gasteiger partial charge in [0.25, 0.3) is 0 Å². The smallest absolute Gasteiger partial charge is 0.232 e. The zero-order valence-corrected chi connectivity index (χ0v) is 12.8. The summed E-state index contributed by atoms with van der Waals surface area (Å²) in [6, 6.07) is 10.7. The lowest BCUT2D eigenvalue weighted by atomic mass is 10.0. The van der Waals surface area contributed by atoms with Crippen molar-refractivity contribution < 1.29 is 4.42 Å². The molecule has 1 aromatic heterocycles. The topological polar surface area (TPSA) is 65.1 Å². The normalized spacial score (nSPS) is 12.2. The third-order valence-electron chi connectivity index (χ3n) is 3.38. The molecule has 1 N–H and O–H groups in total. The first kappa shape index (κ1) is 15.1.